The van der Waals surface area contributed by atoms with Crippen LogP contribution in [0.3, 0.4) is 0 Å². The first-order chi connectivity index (χ1) is 10.2. The van der Waals surface area contributed by atoms with Crippen LogP contribution in [0.2, 0.25) is 0 Å². The minimum absolute atomic E-state index is 0.140. The Morgan fingerprint density at radius 3 is 2.52 bits per heavy atom. The molecule has 2 aromatic rings. The van der Waals surface area contributed by atoms with Crippen LogP contribution in [0.15, 0.2) is 47.4 Å². The van der Waals surface area contributed by atoms with E-state index in [-0.39, 0.29) is 6.61 Å². The molecule has 21 heavy (non-hydrogen) atoms. The maximum absolute atomic E-state index is 8.92. The predicted molar refractivity (Wildman–Crippen MR) is 91.4 cm³/mol. The first-order valence-corrected chi connectivity index (χ1v) is 8.13. The summed E-state index contributed by atoms with van der Waals surface area (Å²) in [5.41, 5.74) is 7.65. The van der Waals surface area contributed by atoms with Gasteiger partial charge in [0.2, 0.25) is 0 Å². The van der Waals surface area contributed by atoms with E-state index in [1.807, 2.05) is 48.7 Å². The fraction of sp³-hybridized carbons (Fsp3) is 0.188. The molecule has 0 radical (unpaired) electrons. The zero-order valence-corrected chi connectivity index (χ0v) is 13.3. The minimum atomic E-state index is 0.140. The predicted octanol–water partition coefficient (Wildman–Crippen LogP) is 3.37. The summed E-state index contributed by atoms with van der Waals surface area (Å²) in [6, 6.07) is 13.4. The van der Waals surface area contributed by atoms with Crippen LogP contribution in [0.25, 0.3) is 0 Å². The lowest BCUT2D eigenvalue weighted by atomic mass is 10.1. The van der Waals surface area contributed by atoms with E-state index in [9.17, 15) is 0 Å². The van der Waals surface area contributed by atoms with Gasteiger partial charge < -0.3 is 15.6 Å². The quantitative estimate of drug-likeness (QED) is 0.631. The van der Waals surface area contributed by atoms with Crippen molar-refractivity contribution in [1.29, 1.82) is 0 Å². The molecule has 0 bridgehead atoms. The molecule has 3 nitrogen and oxygen atoms in total. The minimum Gasteiger partial charge on any atom is -0.457 e. The molecular formula is C16H17NO2S2. The van der Waals surface area contributed by atoms with Crippen molar-refractivity contribution >= 4 is 29.0 Å². The van der Waals surface area contributed by atoms with E-state index in [4.69, 9.17) is 27.8 Å². The van der Waals surface area contributed by atoms with Gasteiger partial charge in [0.15, 0.2) is 0 Å². The topological polar surface area (TPSA) is 55.5 Å². The Bertz CT molecular complexity index is 627. The van der Waals surface area contributed by atoms with Crippen molar-refractivity contribution in [3.8, 4) is 11.5 Å². The van der Waals surface area contributed by atoms with Gasteiger partial charge in [-0.25, -0.2) is 0 Å². The van der Waals surface area contributed by atoms with E-state index < -0.39 is 0 Å². The van der Waals surface area contributed by atoms with Crippen LogP contribution >= 0.6 is 24.0 Å². The van der Waals surface area contributed by atoms with Gasteiger partial charge in [-0.2, -0.15) is 0 Å². The van der Waals surface area contributed by atoms with E-state index in [2.05, 4.69) is 0 Å². The van der Waals surface area contributed by atoms with Crippen LogP contribution < -0.4 is 10.5 Å². The summed E-state index contributed by atoms with van der Waals surface area (Å²) in [5, 5.41) is 8.92. The Balaban J connectivity index is 2.28. The standard InChI is InChI=1S/C16H17NO2S2/c1-21-14-4-2-3-13(15(14)16(17)20)19-12-7-5-11(6-8-12)9-10-18/h2-8,18H,9-10H2,1H3,(H2,17,20). The maximum Gasteiger partial charge on any atom is 0.138 e. The van der Waals surface area contributed by atoms with Gasteiger partial charge in [-0.1, -0.05) is 30.4 Å². The smallest absolute Gasteiger partial charge is 0.138 e. The third kappa shape index (κ3) is 3.97. The van der Waals surface area contributed by atoms with Gasteiger partial charge in [-0.3, -0.25) is 0 Å². The average molecular weight is 319 g/mol. The molecule has 0 saturated carbocycles. The molecule has 0 saturated heterocycles. The maximum atomic E-state index is 8.92. The fourth-order valence-corrected chi connectivity index (χ4v) is 2.89. The van der Waals surface area contributed by atoms with E-state index >= 15 is 0 Å². The number of aliphatic hydroxyl groups is 1. The highest BCUT2D eigenvalue weighted by Crippen LogP contribution is 2.32. The highest BCUT2D eigenvalue weighted by Gasteiger charge is 2.12. The number of ether oxygens (including phenoxy) is 1. The molecule has 0 aliphatic heterocycles. The zero-order chi connectivity index (χ0) is 15.2. The number of rotatable bonds is 6. The van der Waals surface area contributed by atoms with Crippen molar-refractivity contribution in [2.24, 2.45) is 5.73 Å². The third-order valence-corrected chi connectivity index (χ3v) is 3.99. The molecule has 0 atom stereocenters. The second kappa shape index (κ2) is 7.45. The molecule has 0 aromatic heterocycles. The summed E-state index contributed by atoms with van der Waals surface area (Å²) in [4.78, 5) is 1.32. The summed E-state index contributed by atoms with van der Waals surface area (Å²) in [5.74, 6) is 1.37. The zero-order valence-electron chi connectivity index (χ0n) is 11.7. The Labute approximate surface area is 134 Å². The highest BCUT2D eigenvalue weighted by molar-refractivity contribution is 7.98. The van der Waals surface area contributed by atoms with Crippen molar-refractivity contribution in [2.75, 3.05) is 12.9 Å². The summed E-state index contributed by atoms with van der Waals surface area (Å²) >= 11 is 6.71. The van der Waals surface area contributed by atoms with Gasteiger partial charge >= 0.3 is 0 Å². The largest absolute Gasteiger partial charge is 0.457 e. The van der Waals surface area contributed by atoms with Crippen LogP contribution in [0, 0.1) is 0 Å². The van der Waals surface area contributed by atoms with Crippen LogP contribution in [0.1, 0.15) is 11.1 Å². The Kier molecular flexibility index (Phi) is 5.61. The number of hydrogen-bond donors (Lipinski definition) is 2. The molecule has 2 aromatic carbocycles. The molecule has 0 unspecified atom stereocenters. The first kappa shape index (κ1) is 15.8. The van der Waals surface area contributed by atoms with Gasteiger partial charge in [0.1, 0.15) is 16.5 Å². The van der Waals surface area contributed by atoms with Gasteiger partial charge in [0, 0.05) is 11.5 Å². The van der Waals surface area contributed by atoms with Gasteiger partial charge in [0.25, 0.3) is 0 Å². The summed E-state index contributed by atoms with van der Waals surface area (Å²) in [7, 11) is 0. The summed E-state index contributed by atoms with van der Waals surface area (Å²) < 4.78 is 5.90. The molecule has 110 valence electrons. The number of nitrogens with two attached hydrogens (primary N) is 1. The van der Waals surface area contributed by atoms with Crippen LogP contribution in [-0.2, 0) is 6.42 Å². The third-order valence-electron chi connectivity index (χ3n) is 3.01. The molecule has 0 amide bonds. The molecule has 0 spiro atoms. The van der Waals surface area contributed by atoms with E-state index in [0.717, 1.165) is 16.0 Å². The fourth-order valence-electron chi connectivity index (χ4n) is 1.99. The number of thioether (sulfide) groups is 1. The summed E-state index contributed by atoms with van der Waals surface area (Å²) in [6.07, 6.45) is 2.62. The molecule has 0 fully saturated rings. The number of aliphatic hydroxyl groups excluding tert-OH is 1. The molecule has 0 aliphatic carbocycles. The summed E-state index contributed by atoms with van der Waals surface area (Å²) in [6.45, 7) is 0.140. The van der Waals surface area contributed by atoms with Crippen LogP contribution in [0.4, 0.5) is 0 Å². The van der Waals surface area contributed by atoms with E-state index in [0.29, 0.717) is 22.9 Å². The van der Waals surface area contributed by atoms with Gasteiger partial charge in [-0.15, -0.1) is 11.8 Å². The van der Waals surface area contributed by atoms with Crippen LogP contribution in [-0.4, -0.2) is 23.0 Å². The highest BCUT2D eigenvalue weighted by atomic mass is 32.2. The second-order valence-corrected chi connectivity index (χ2v) is 5.71. The number of benzene rings is 2. The molecule has 2 rings (SSSR count). The molecule has 0 heterocycles. The molecule has 0 aliphatic rings. The lowest BCUT2D eigenvalue weighted by Crippen LogP contribution is -2.12. The van der Waals surface area contributed by atoms with Crippen LogP contribution in [0.5, 0.6) is 11.5 Å². The second-order valence-electron chi connectivity index (χ2n) is 4.42. The van der Waals surface area contributed by atoms with Gasteiger partial charge in [0.05, 0.1) is 5.56 Å². The Hall–Kier alpha value is -1.56. The lowest BCUT2D eigenvalue weighted by Gasteiger charge is -2.13. The van der Waals surface area contributed by atoms with E-state index in [1.54, 1.807) is 11.8 Å². The first-order valence-electron chi connectivity index (χ1n) is 6.50. The van der Waals surface area contributed by atoms with Crippen molar-refractivity contribution in [3.05, 3.63) is 53.6 Å². The monoisotopic (exact) mass is 319 g/mol. The Morgan fingerprint density at radius 2 is 1.95 bits per heavy atom. The lowest BCUT2D eigenvalue weighted by molar-refractivity contribution is 0.299. The Morgan fingerprint density at radius 1 is 1.24 bits per heavy atom. The van der Waals surface area contributed by atoms with Crippen molar-refractivity contribution < 1.29 is 9.84 Å². The SMILES string of the molecule is CSc1cccc(Oc2ccc(CCO)cc2)c1C(N)=S. The van der Waals surface area contributed by atoms with Crippen molar-refractivity contribution in [2.45, 2.75) is 11.3 Å². The molecular weight excluding hydrogens is 302 g/mol. The number of thiocarbonyl (C=S) groups is 1. The van der Waals surface area contributed by atoms with Crippen molar-refractivity contribution in [1.82, 2.24) is 0 Å². The van der Waals surface area contributed by atoms with E-state index in [1.165, 1.54) is 0 Å². The molecule has 5 heteroatoms. The normalized spacial score (nSPS) is 10.4. The van der Waals surface area contributed by atoms with Crippen molar-refractivity contribution in [3.63, 3.8) is 0 Å². The average Bonchev–Trinajstić information content (AvgIpc) is 2.49. The molecule has 3 N–H and O–H groups in total. The van der Waals surface area contributed by atoms with Gasteiger partial charge in [-0.05, 0) is 42.5 Å². The number of hydrogen-bond acceptors (Lipinski definition) is 4.